The number of aliphatic hydroxyl groups is 2. The number of halogens is 3. The Balaban J connectivity index is 3.82. The van der Waals surface area contributed by atoms with E-state index in [0.717, 1.165) is 0 Å². The van der Waals surface area contributed by atoms with Gasteiger partial charge in [0, 0.05) is 12.8 Å². The third kappa shape index (κ3) is 20.3. The summed E-state index contributed by atoms with van der Waals surface area (Å²) in [5.74, 6) is -0.883. The molecule has 4 nitrogen and oxygen atoms in total. The molecule has 0 bridgehead atoms. The van der Waals surface area contributed by atoms with Crippen LogP contribution >= 0.6 is 0 Å². The lowest BCUT2D eigenvalue weighted by Crippen LogP contribution is -2.05. The van der Waals surface area contributed by atoms with Gasteiger partial charge in [0.2, 0.25) is 0 Å². The fourth-order valence-electron chi connectivity index (χ4n) is 2.09. The van der Waals surface area contributed by atoms with Crippen LogP contribution < -0.4 is 0 Å². The third-order valence-electron chi connectivity index (χ3n) is 3.52. The van der Waals surface area contributed by atoms with Gasteiger partial charge in [-0.2, -0.15) is 13.2 Å². The summed E-state index contributed by atoms with van der Waals surface area (Å²) in [7, 11) is 0. The van der Waals surface area contributed by atoms with Crippen LogP contribution in [0.3, 0.4) is 0 Å². The Labute approximate surface area is 158 Å². The van der Waals surface area contributed by atoms with Gasteiger partial charge >= 0.3 is 12.1 Å². The third-order valence-corrected chi connectivity index (χ3v) is 3.52. The summed E-state index contributed by atoms with van der Waals surface area (Å²) in [6.45, 7) is 0. The van der Waals surface area contributed by atoms with Crippen molar-refractivity contribution in [3.63, 3.8) is 0 Å². The van der Waals surface area contributed by atoms with Crippen molar-refractivity contribution in [1.29, 1.82) is 0 Å². The first-order chi connectivity index (χ1) is 12.7. The van der Waals surface area contributed by atoms with Crippen LogP contribution in [0, 0.1) is 0 Å². The monoisotopic (exact) mass is 390 g/mol. The number of carboxylic acid groups (broad SMARTS) is 1. The molecule has 0 aromatic rings. The molecular weight excluding hydrogens is 361 g/mol. The largest absolute Gasteiger partial charge is 0.481 e. The minimum atomic E-state index is -4.09. The fourth-order valence-corrected chi connectivity index (χ4v) is 2.09. The highest BCUT2D eigenvalue weighted by molar-refractivity contribution is 5.66. The maximum Gasteiger partial charge on any atom is 0.389 e. The molecule has 0 aliphatic carbocycles. The quantitative estimate of drug-likeness (QED) is 0.228. The van der Waals surface area contributed by atoms with Gasteiger partial charge in [-0.1, -0.05) is 48.6 Å². The molecular formula is C20H29F3O4. The molecule has 154 valence electrons. The van der Waals surface area contributed by atoms with Crippen molar-refractivity contribution in [3.05, 3.63) is 48.6 Å². The van der Waals surface area contributed by atoms with Gasteiger partial charge in [0.25, 0.3) is 0 Å². The van der Waals surface area contributed by atoms with Crippen LogP contribution in [0.5, 0.6) is 0 Å². The number of hydrogen-bond donors (Lipinski definition) is 3. The van der Waals surface area contributed by atoms with Crippen molar-refractivity contribution in [2.24, 2.45) is 0 Å². The molecule has 0 amide bonds. The van der Waals surface area contributed by atoms with Gasteiger partial charge in [0.05, 0.1) is 12.2 Å². The second-order valence-corrected chi connectivity index (χ2v) is 6.14. The Morgan fingerprint density at radius 1 is 0.889 bits per heavy atom. The standard InChI is InChI=1S/C20H29F3O4/c21-20(22,23)16-9-5-1-2-6-11-17(24)12-7-3-4-8-13-18(25)14-10-15-19(26)27/h2-4,6-8,12-13,17-18,24-25H,1,5,9-11,14-16H2,(H,26,27)/b4-3+,6-2-,12-7+,13-8-/t17-,18+/m0/s1. The highest BCUT2D eigenvalue weighted by Gasteiger charge is 2.25. The number of aliphatic carboxylic acids is 1. The fraction of sp³-hybridized carbons (Fsp3) is 0.550. The molecule has 0 spiro atoms. The van der Waals surface area contributed by atoms with E-state index in [9.17, 15) is 28.2 Å². The first-order valence-corrected chi connectivity index (χ1v) is 9.02. The lowest BCUT2D eigenvalue weighted by Gasteiger charge is -2.04. The van der Waals surface area contributed by atoms with Crippen molar-refractivity contribution in [2.75, 3.05) is 0 Å². The molecule has 7 heteroatoms. The lowest BCUT2D eigenvalue weighted by molar-refractivity contribution is -0.137. The number of unbranched alkanes of at least 4 members (excludes halogenated alkanes) is 2. The van der Waals surface area contributed by atoms with E-state index in [1.165, 1.54) is 0 Å². The maximum absolute atomic E-state index is 11.9. The molecule has 0 aromatic carbocycles. The summed E-state index contributed by atoms with van der Waals surface area (Å²) in [5.41, 5.74) is 0. The van der Waals surface area contributed by atoms with Crippen LogP contribution in [0.1, 0.15) is 51.4 Å². The van der Waals surface area contributed by atoms with Crippen LogP contribution in [0.4, 0.5) is 13.2 Å². The minimum Gasteiger partial charge on any atom is -0.481 e. The Kier molecular flexibility index (Phi) is 14.2. The second-order valence-electron chi connectivity index (χ2n) is 6.14. The summed E-state index contributed by atoms with van der Waals surface area (Å²) in [6, 6.07) is 0. The van der Waals surface area contributed by atoms with E-state index < -0.39 is 30.8 Å². The Morgan fingerprint density at radius 3 is 2.11 bits per heavy atom. The highest BCUT2D eigenvalue weighted by Crippen LogP contribution is 2.22. The molecule has 0 saturated heterocycles. The predicted octanol–water partition coefficient (Wildman–Crippen LogP) is 4.70. The summed E-state index contributed by atoms with van der Waals surface area (Å²) in [4.78, 5) is 10.3. The summed E-state index contributed by atoms with van der Waals surface area (Å²) < 4.78 is 35.8. The van der Waals surface area contributed by atoms with E-state index in [2.05, 4.69) is 0 Å². The smallest absolute Gasteiger partial charge is 0.389 e. The number of carboxylic acids is 1. The van der Waals surface area contributed by atoms with Crippen molar-refractivity contribution < 1.29 is 33.3 Å². The highest BCUT2D eigenvalue weighted by atomic mass is 19.4. The van der Waals surface area contributed by atoms with Crippen LogP contribution in [0.2, 0.25) is 0 Å². The zero-order valence-electron chi connectivity index (χ0n) is 15.3. The SMILES string of the molecule is O=C(O)CCC[C@H](O)\C=C/C=C/C=C/[C@@H](O)C/C=C\CCCCC(F)(F)F. The van der Waals surface area contributed by atoms with Crippen molar-refractivity contribution in [3.8, 4) is 0 Å². The molecule has 0 aromatic heterocycles. The molecule has 0 unspecified atom stereocenters. The van der Waals surface area contributed by atoms with Crippen molar-refractivity contribution in [1.82, 2.24) is 0 Å². The van der Waals surface area contributed by atoms with Crippen LogP contribution in [0.25, 0.3) is 0 Å². The topological polar surface area (TPSA) is 77.8 Å². The molecule has 27 heavy (non-hydrogen) atoms. The Hall–Kier alpha value is -1.86. The number of alkyl halides is 3. The van der Waals surface area contributed by atoms with Gasteiger partial charge in [-0.05, 0) is 38.5 Å². The average molecular weight is 390 g/mol. The number of hydrogen-bond acceptors (Lipinski definition) is 3. The predicted molar refractivity (Wildman–Crippen MR) is 99.2 cm³/mol. The first kappa shape index (κ1) is 25.1. The van der Waals surface area contributed by atoms with E-state index in [-0.39, 0.29) is 12.8 Å². The Bertz CT molecular complexity index is 508. The number of allylic oxidation sites excluding steroid dienone is 5. The van der Waals surface area contributed by atoms with Crippen molar-refractivity contribution >= 4 is 5.97 Å². The molecule has 3 N–H and O–H groups in total. The first-order valence-electron chi connectivity index (χ1n) is 9.02. The number of carbonyl (C=O) groups is 1. The van der Waals surface area contributed by atoms with E-state index in [4.69, 9.17) is 5.11 Å². The van der Waals surface area contributed by atoms with Gasteiger partial charge < -0.3 is 15.3 Å². The van der Waals surface area contributed by atoms with E-state index >= 15 is 0 Å². The summed E-state index contributed by atoms with van der Waals surface area (Å²) in [6.07, 6.45) is 9.48. The zero-order chi connectivity index (χ0) is 20.5. The second kappa shape index (κ2) is 15.2. The average Bonchev–Trinajstić information content (AvgIpc) is 2.55. The molecule has 0 aliphatic heterocycles. The molecule has 0 rings (SSSR count). The molecule has 0 fully saturated rings. The number of aliphatic hydroxyl groups excluding tert-OH is 2. The lowest BCUT2D eigenvalue weighted by atomic mass is 10.1. The van der Waals surface area contributed by atoms with Gasteiger partial charge in [0.15, 0.2) is 0 Å². The van der Waals surface area contributed by atoms with Gasteiger partial charge in [-0.15, -0.1) is 0 Å². The minimum absolute atomic E-state index is 0.0311. The van der Waals surface area contributed by atoms with E-state index in [1.54, 1.807) is 48.6 Å². The Morgan fingerprint density at radius 2 is 1.52 bits per heavy atom. The van der Waals surface area contributed by atoms with Crippen LogP contribution in [0.15, 0.2) is 48.6 Å². The molecule has 0 saturated carbocycles. The van der Waals surface area contributed by atoms with Crippen LogP contribution in [-0.4, -0.2) is 39.7 Å². The molecule has 0 aliphatic rings. The van der Waals surface area contributed by atoms with Crippen molar-refractivity contribution in [2.45, 2.75) is 69.8 Å². The molecule has 2 atom stereocenters. The van der Waals surface area contributed by atoms with E-state index in [1.807, 2.05) is 0 Å². The maximum atomic E-state index is 11.9. The van der Waals surface area contributed by atoms with Gasteiger partial charge in [-0.25, -0.2) is 0 Å². The molecule has 0 radical (unpaired) electrons. The normalized spacial score (nSPS) is 15.4. The summed E-state index contributed by atoms with van der Waals surface area (Å²) >= 11 is 0. The molecule has 0 heterocycles. The van der Waals surface area contributed by atoms with Gasteiger partial charge in [-0.3, -0.25) is 4.79 Å². The van der Waals surface area contributed by atoms with Crippen LogP contribution in [-0.2, 0) is 4.79 Å². The van der Waals surface area contributed by atoms with E-state index in [0.29, 0.717) is 32.1 Å². The summed E-state index contributed by atoms with van der Waals surface area (Å²) in [5, 5.41) is 27.8. The zero-order valence-corrected chi connectivity index (χ0v) is 15.3. The van der Waals surface area contributed by atoms with Gasteiger partial charge in [0.1, 0.15) is 0 Å². The number of rotatable bonds is 14.